The fraction of sp³-hybridized carbons (Fsp3) is 0.318. The lowest BCUT2D eigenvalue weighted by Crippen LogP contribution is -2.64. The van der Waals surface area contributed by atoms with Crippen molar-refractivity contribution in [2.75, 3.05) is 0 Å². The highest BCUT2D eigenvalue weighted by Gasteiger charge is 2.59. The molecule has 34 heavy (non-hydrogen) atoms. The van der Waals surface area contributed by atoms with Crippen LogP contribution in [-0.4, -0.2) is 49.3 Å². The number of thiazole rings is 1. The quantitative estimate of drug-likeness (QED) is 0.333. The highest BCUT2D eigenvalue weighted by Crippen LogP contribution is 2.51. The van der Waals surface area contributed by atoms with Gasteiger partial charge in [0.25, 0.3) is 12.2 Å². The number of aliphatic carboxylic acids is 1. The Balaban J connectivity index is 1.62. The van der Waals surface area contributed by atoms with Crippen molar-refractivity contribution in [2.24, 2.45) is 17.6 Å². The number of aliphatic hydroxyl groups is 1. The van der Waals surface area contributed by atoms with Gasteiger partial charge in [-0.3, -0.25) is 9.59 Å². The van der Waals surface area contributed by atoms with Crippen LogP contribution in [0.15, 0.2) is 52.7 Å². The van der Waals surface area contributed by atoms with Gasteiger partial charge in [0.2, 0.25) is 15.8 Å². The van der Waals surface area contributed by atoms with E-state index < -0.39 is 35.8 Å². The number of amides is 2. The molecule has 1 saturated heterocycles. The van der Waals surface area contributed by atoms with Gasteiger partial charge in [0.05, 0.1) is 34.6 Å². The van der Waals surface area contributed by atoms with Crippen LogP contribution in [0.4, 0.5) is 0 Å². The van der Waals surface area contributed by atoms with Crippen molar-refractivity contribution >= 4 is 51.3 Å². The molecule has 2 aliphatic rings. The van der Waals surface area contributed by atoms with Gasteiger partial charge in [0.15, 0.2) is 6.54 Å². The van der Waals surface area contributed by atoms with Crippen molar-refractivity contribution in [1.29, 1.82) is 0 Å². The summed E-state index contributed by atoms with van der Waals surface area (Å²) in [7, 11) is 0. The first-order chi connectivity index (χ1) is 16.2. The topological polar surface area (TPSA) is 145 Å². The first-order valence-electron chi connectivity index (χ1n) is 10.6. The van der Waals surface area contributed by atoms with Gasteiger partial charge >= 0.3 is 0 Å². The van der Waals surface area contributed by atoms with Crippen LogP contribution in [0.2, 0.25) is 0 Å². The molecular weight excluding hydrogens is 478 g/mol. The highest BCUT2D eigenvalue weighted by molar-refractivity contribution is 7.99. The molecule has 2 amide bonds. The lowest BCUT2D eigenvalue weighted by Gasteiger charge is -2.47. The van der Waals surface area contributed by atoms with Gasteiger partial charge in [0.1, 0.15) is 11.2 Å². The third-order valence-corrected chi connectivity index (χ3v) is 8.54. The minimum absolute atomic E-state index is 0.0251. The highest BCUT2D eigenvalue weighted by atomic mass is 32.2. The summed E-state index contributed by atoms with van der Waals surface area (Å²) in [4.78, 5) is 43.4. The lowest BCUT2D eigenvalue weighted by molar-refractivity contribution is -0.717. The molecular formula is C22H21N5O5S2. The largest absolute Gasteiger partial charge is 0.543 e. The number of aliphatic hydroxyl groups excluding tert-OH is 1. The van der Waals surface area contributed by atoms with E-state index in [0.717, 1.165) is 14.9 Å². The second kappa shape index (κ2) is 8.22. The number of carboxylic acid groups (broad SMARTS) is 1. The zero-order valence-electron chi connectivity index (χ0n) is 18.2. The van der Waals surface area contributed by atoms with Crippen molar-refractivity contribution in [3.8, 4) is 0 Å². The Hall–Kier alpha value is -3.22. The molecule has 2 aliphatic heterocycles. The lowest BCUT2D eigenvalue weighted by atomic mass is 9.77. The number of carboxylic acids is 1. The summed E-state index contributed by atoms with van der Waals surface area (Å²) < 4.78 is 3.54. The van der Waals surface area contributed by atoms with E-state index in [9.17, 15) is 24.6 Å². The molecule has 4 atom stereocenters. The number of β-lactam (4-membered cyclic amide) rings is 1. The molecule has 12 heteroatoms. The van der Waals surface area contributed by atoms with Crippen molar-refractivity contribution in [2.45, 2.75) is 42.6 Å². The number of nitrogens with two attached hydrogens (primary N) is 1. The third kappa shape index (κ3) is 3.40. The van der Waals surface area contributed by atoms with E-state index >= 15 is 0 Å². The molecule has 0 radical (unpaired) electrons. The average molecular weight is 500 g/mol. The SMILES string of the molecule is C[C@@H](O)[C@H]1C(=O)N2C(C(=O)[O-])=C(c3cn4c[n+](CC(N)=O)c(Sc5ccccn5)c4s3)[C@H](C)[C@H]12. The Bertz CT molecular complexity index is 1360. The first kappa shape index (κ1) is 22.6. The van der Waals surface area contributed by atoms with Crippen LogP contribution in [0.5, 0.6) is 0 Å². The van der Waals surface area contributed by atoms with E-state index in [1.54, 1.807) is 29.4 Å². The summed E-state index contributed by atoms with van der Waals surface area (Å²) in [6.45, 7) is 3.37. The van der Waals surface area contributed by atoms with E-state index in [4.69, 9.17) is 5.73 Å². The zero-order chi connectivity index (χ0) is 24.3. The molecule has 1 fully saturated rings. The van der Waals surface area contributed by atoms with E-state index in [0.29, 0.717) is 10.5 Å². The maximum atomic E-state index is 12.6. The zero-order valence-corrected chi connectivity index (χ0v) is 19.9. The Kier molecular flexibility index (Phi) is 5.46. The Morgan fingerprint density at radius 2 is 2.18 bits per heavy atom. The Morgan fingerprint density at radius 1 is 1.41 bits per heavy atom. The number of hydrogen-bond donors (Lipinski definition) is 2. The molecule has 0 aliphatic carbocycles. The predicted molar refractivity (Wildman–Crippen MR) is 120 cm³/mol. The van der Waals surface area contributed by atoms with Crippen molar-refractivity contribution in [3.05, 3.63) is 47.5 Å². The molecule has 176 valence electrons. The van der Waals surface area contributed by atoms with Gasteiger partial charge in [-0.25, -0.2) is 9.55 Å². The summed E-state index contributed by atoms with van der Waals surface area (Å²) in [5.41, 5.74) is 5.80. The molecule has 3 aromatic heterocycles. The third-order valence-electron chi connectivity index (χ3n) is 6.20. The number of carbonyl (C=O) groups is 3. The number of fused-ring (bicyclic) bond motifs is 2. The first-order valence-corrected chi connectivity index (χ1v) is 12.2. The van der Waals surface area contributed by atoms with Gasteiger partial charge < -0.3 is 25.6 Å². The number of rotatable bonds is 7. The van der Waals surface area contributed by atoms with Gasteiger partial charge in [-0.1, -0.05) is 24.3 Å². The maximum absolute atomic E-state index is 12.6. The fourth-order valence-electron chi connectivity index (χ4n) is 4.83. The van der Waals surface area contributed by atoms with Crippen LogP contribution in [0, 0.1) is 11.8 Å². The summed E-state index contributed by atoms with van der Waals surface area (Å²) in [5.74, 6) is -3.29. The number of nitrogens with zero attached hydrogens (tertiary/aromatic N) is 4. The van der Waals surface area contributed by atoms with Crippen LogP contribution in [-0.2, 0) is 20.9 Å². The molecule has 3 aromatic rings. The maximum Gasteiger partial charge on any atom is 0.259 e. The molecule has 5 heterocycles. The second-order valence-electron chi connectivity index (χ2n) is 8.40. The number of imidazole rings is 1. The van der Waals surface area contributed by atoms with Crippen LogP contribution < -0.4 is 15.4 Å². The van der Waals surface area contributed by atoms with Crippen LogP contribution in [0.25, 0.3) is 10.4 Å². The molecule has 0 spiro atoms. The van der Waals surface area contributed by atoms with E-state index in [1.165, 1.54) is 34.9 Å². The second-order valence-corrected chi connectivity index (χ2v) is 10.4. The fourth-order valence-corrected chi connectivity index (χ4v) is 7.14. The summed E-state index contributed by atoms with van der Waals surface area (Å²) in [6.07, 6.45) is 4.29. The number of carbonyl (C=O) groups excluding carboxylic acids is 3. The van der Waals surface area contributed by atoms with Crippen molar-refractivity contribution in [3.63, 3.8) is 0 Å². The summed E-state index contributed by atoms with van der Waals surface area (Å²) in [5, 5.41) is 23.6. The Labute approximate surface area is 202 Å². The van der Waals surface area contributed by atoms with Gasteiger partial charge in [-0.05, 0) is 30.8 Å². The normalized spacial score (nSPS) is 22.7. The molecule has 0 bridgehead atoms. The summed E-state index contributed by atoms with van der Waals surface area (Å²) >= 11 is 2.71. The number of pyridine rings is 1. The van der Waals surface area contributed by atoms with Crippen molar-refractivity contribution < 1.29 is 29.2 Å². The average Bonchev–Trinajstić information content (AvgIpc) is 3.37. The van der Waals surface area contributed by atoms with Gasteiger partial charge in [-0.15, -0.1) is 0 Å². The van der Waals surface area contributed by atoms with E-state index in [2.05, 4.69) is 4.98 Å². The summed E-state index contributed by atoms with van der Waals surface area (Å²) in [6, 6.07) is 5.08. The minimum atomic E-state index is -1.42. The molecule has 0 unspecified atom stereocenters. The van der Waals surface area contributed by atoms with Crippen molar-refractivity contribution in [1.82, 2.24) is 14.3 Å². The number of primary amides is 1. The number of aromatic nitrogens is 3. The van der Waals surface area contributed by atoms with E-state index in [-0.39, 0.29) is 18.2 Å². The molecule has 0 saturated carbocycles. The van der Waals surface area contributed by atoms with Crippen LogP contribution >= 0.6 is 23.1 Å². The van der Waals surface area contributed by atoms with Gasteiger partial charge in [0, 0.05) is 17.7 Å². The molecule has 10 nitrogen and oxygen atoms in total. The monoisotopic (exact) mass is 499 g/mol. The minimum Gasteiger partial charge on any atom is -0.543 e. The van der Waals surface area contributed by atoms with Crippen LogP contribution in [0.3, 0.4) is 0 Å². The smallest absolute Gasteiger partial charge is 0.259 e. The standard InChI is InChI=1S/C22H21N5O5S2/c1-10-15(18(22(31)32)27-17(10)16(11(2)28)19(27)30)12-7-25-9-26(8-13(23)29)21(20(25)33-12)34-14-5-3-4-6-24-14/h3-7,9-11,16-17,28H,8H2,1-2H3,(H2-,23,29,31,32)/t10-,11+,16+,17+/m0/s1. The Morgan fingerprint density at radius 3 is 2.79 bits per heavy atom. The molecule has 5 rings (SSSR count). The van der Waals surface area contributed by atoms with Crippen LogP contribution in [0.1, 0.15) is 18.7 Å². The molecule has 0 aromatic carbocycles. The number of hydrogen-bond acceptors (Lipinski definition) is 8. The van der Waals surface area contributed by atoms with Gasteiger partial charge in [-0.2, -0.15) is 4.40 Å². The molecule has 3 N–H and O–H groups in total. The predicted octanol–water partition coefficient (Wildman–Crippen LogP) is -0.362. The van der Waals surface area contributed by atoms with E-state index in [1.807, 2.05) is 23.5 Å².